The van der Waals surface area contributed by atoms with Gasteiger partial charge in [0.1, 0.15) is 5.75 Å². The predicted molar refractivity (Wildman–Crippen MR) is 75.0 cm³/mol. The van der Waals surface area contributed by atoms with Crippen molar-refractivity contribution < 1.29 is 4.74 Å². The van der Waals surface area contributed by atoms with E-state index in [2.05, 4.69) is 0 Å². The van der Waals surface area contributed by atoms with Crippen LogP contribution >= 0.6 is 12.2 Å². The van der Waals surface area contributed by atoms with E-state index in [1.54, 1.807) is 7.11 Å². The summed E-state index contributed by atoms with van der Waals surface area (Å²) in [5.74, 6) is 0.832. The number of benzene rings is 2. The summed E-state index contributed by atoms with van der Waals surface area (Å²) in [5, 5.41) is 0. The number of methoxy groups -OCH3 is 1. The molecule has 0 spiro atoms. The molecule has 0 fully saturated rings. The van der Waals surface area contributed by atoms with E-state index in [-0.39, 0.29) is 0 Å². The zero-order valence-electron chi connectivity index (χ0n) is 9.94. The third-order valence-electron chi connectivity index (χ3n) is 2.72. The van der Waals surface area contributed by atoms with Crippen LogP contribution in [0.2, 0.25) is 0 Å². The van der Waals surface area contributed by atoms with Gasteiger partial charge in [-0.15, -0.1) is 0 Å². The first-order chi connectivity index (χ1) is 8.24. The van der Waals surface area contributed by atoms with Gasteiger partial charge in [-0.25, -0.2) is 0 Å². The van der Waals surface area contributed by atoms with Crippen molar-refractivity contribution in [3.63, 3.8) is 0 Å². The molecular formula is C15H14OS. The molecule has 0 aromatic heterocycles. The van der Waals surface area contributed by atoms with Crippen LogP contribution in [0.5, 0.6) is 5.75 Å². The summed E-state index contributed by atoms with van der Waals surface area (Å²) in [6.07, 6.45) is 0. The number of ether oxygens (including phenoxy) is 1. The quantitative estimate of drug-likeness (QED) is 0.598. The Bertz CT molecular complexity index is 532. The van der Waals surface area contributed by atoms with Gasteiger partial charge in [0.05, 0.1) is 12.0 Å². The molecule has 0 amide bonds. The number of hydrogen-bond acceptors (Lipinski definition) is 2. The van der Waals surface area contributed by atoms with Crippen molar-refractivity contribution in [1.82, 2.24) is 0 Å². The Balaban J connectivity index is 2.51. The Kier molecular flexibility index (Phi) is 3.55. The Labute approximate surface area is 107 Å². The van der Waals surface area contributed by atoms with Crippen LogP contribution in [0.25, 0.3) is 0 Å². The van der Waals surface area contributed by atoms with Gasteiger partial charge in [-0.2, -0.15) is 0 Å². The summed E-state index contributed by atoms with van der Waals surface area (Å²) >= 11 is 5.55. The second-order valence-corrected chi connectivity index (χ2v) is 4.26. The predicted octanol–water partition coefficient (Wildman–Crippen LogP) is 3.77. The molecule has 0 unspecified atom stereocenters. The molecule has 0 saturated heterocycles. The Hall–Kier alpha value is -1.67. The van der Waals surface area contributed by atoms with E-state index in [9.17, 15) is 0 Å². The Morgan fingerprint density at radius 2 is 1.71 bits per heavy atom. The number of hydrogen-bond donors (Lipinski definition) is 0. The zero-order chi connectivity index (χ0) is 12.3. The molecular weight excluding hydrogens is 228 g/mol. The van der Waals surface area contributed by atoms with Crippen LogP contribution in [-0.4, -0.2) is 12.0 Å². The van der Waals surface area contributed by atoms with Gasteiger partial charge >= 0.3 is 0 Å². The fraction of sp³-hybridized carbons (Fsp3) is 0.133. The molecule has 2 aromatic carbocycles. The second-order valence-electron chi connectivity index (χ2n) is 3.85. The lowest BCUT2D eigenvalue weighted by molar-refractivity contribution is 0.414. The largest absolute Gasteiger partial charge is 0.496 e. The molecule has 0 aliphatic rings. The van der Waals surface area contributed by atoms with Crippen LogP contribution in [0.3, 0.4) is 0 Å². The molecule has 2 aromatic rings. The lowest BCUT2D eigenvalue weighted by atomic mass is 9.99. The zero-order valence-corrected chi connectivity index (χ0v) is 10.8. The Morgan fingerprint density at radius 3 is 2.35 bits per heavy atom. The molecule has 0 radical (unpaired) electrons. The highest BCUT2D eigenvalue weighted by Gasteiger charge is 2.12. The average molecular weight is 242 g/mol. The van der Waals surface area contributed by atoms with E-state index in [0.29, 0.717) is 0 Å². The minimum atomic E-state index is 0.832. The van der Waals surface area contributed by atoms with Gasteiger partial charge in [-0.3, -0.25) is 0 Å². The first-order valence-electron chi connectivity index (χ1n) is 5.47. The summed E-state index contributed by atoms with van der Waals surface area (Å²) in [5.41, 5.74) is 3.20. The van der Waals surface area contributed by atoms with E-state index < -0.39 is 0 Å². The van der Waals surface area contributed by atoms with Crippen LogP contribution in [-0.2, 0) is 0 Å². The first kappa shape index (κ1) is 11.8. The van der Waals surface area contributed by atoms with Crippen molar-refractivity contribution in [3.8, 4) is 5.75 Å². The molecule has 2 rings (SSSR count). The maximum absolute atomic E-state index is 5.55. The molecule has 0 saturated carbocycles. The fourth-order valence-electron chi connectivity index (χ4n) is 1.84. The normalized spacial score (nSPS) is 10.0. The molecule has 2 heteroatoms. The third kappa shape index (κ3) is 2.37. The van der Waals surface area contributed by atoms with E-state index in [4.69, 9.17) is 17.0 Å². The molecule has 0 aliphatic heterocycles. The molecule has 0 bridgehead atoms. The van der Waals surface area contributed by atoms with Gasteiger partial charge in [-0.1, -0.05) is 54.7 Å². The minimum absolute atomic E-state index is 0.832. The summed E-state index contributed by atoms with van der Waals surface area (Å²) in [6.45, 7) is 2.05. The average Bonchev–Trinajstić information content (AvgIpc) is 2.38. The van der Waals surface area contributed by atoms with Crippen molar-refractivity contribution in [3.05, 3.63) is 65.2 Å². The number of rotatable bonds is 3. The van der Waals surface area contributed by atoms with Crippen LogP contribution in [0.15, 0.2) is 48.5 Å². The van der Waals surface area contributed by atoms with Gasteiger partial charge in [0, 0.05) is 5.56 Å². The van der Waals surface area contributed by atoms with E-state index in [0.717, 1.165) is 27.3 Å². The van der Waals surface area contributed by atoms with Crippen molar-refractivity contribution in [2.75, 3.05) is 7.11 Å². The third-order valence-corrected chi connectivity index (χ3v) is 3.16. The molecule has 0 heterocycles. The van der Waals surface area contributed by atoms with Gasteiger partial charge in [-0.05, 0) is 24.1 Å². The van der Waals surface area contributed by atoms with Gasteiger partial charge in [0.25, 0.3) is 0 Å². The Morgan fingerprint density at radius 1 is 1.00 bits per heavy atom. The minimum Gasteiger partial charge on any atom is -0.496 e. The number of thiocarbonyl (C=S) groups is 1. The lowest BCUT2D eigenvalue weighted by Crippen LogP contribution is -2.04. The molecule has 0 aliphatic carbocycles. The van der Waals surface area contributed by atoms with Crippen molar-refractivity contribution >= 4 is 17.1 Å². The summed E-state index contributed by atoms with van der Waals surface area (Å²) in [7, 11) is 1.67. The van der Waals surface area contributed by atoms with Crippen molar-refractivity contribution in [2.24, 2.45) is 0 Å². The highest BCUT2D eigenvalue weighted by Crippen LogP contribution is 2.25. The topological polar surface area (TPSA) is 9.23 Å². The molecule has 0 atom stereocenters. The van der Waals surface area contributed by atoms with Gasteiger partial charge in [0.2, 0.25) is 0 Å². The molecule has 86 valence electrons. The van der Waals surface area contributed by atoms with Gasteiger partial charge < -0.3 is 4.74 Å². The highest BCUT2D eigenvalue weighted by atomic mass is 32.1. The fourth-order valence-corrected chi connectivity index (χ4v) is 2.23. The second kappa shape index (κ2) is 5.11. The summed E-state index contributed by atoms with van der Waals surface area (Å²) in [4.78, 5) is 0.834. The lowest BCUT2D eigenvalue weighted by Gasteiger charge is -2.12. The SMILES string of the molecule is COc1cccc(C)c1C(=S)c1ccccc1. The van der Waals surface area contributed by atoms with Crippen LogP contribution < -0.4 is 4.74 Å². The standard InChI is InChI=1S/C15H14OS/c1-11-7-6-10-13(16-2)14(11)15(17)12-8-4-3-5-9-12/h3-10H,1-2H3. The van der Waals surface area contributed by atoms with Crippen molar-refractivity contribution in [1.29, 1.82) is 0 Å². The van der Waals surface area contributed by atoms with Crippen LogP contribution in [0.4, 0.5) is 0 Å². The molecule has 0 N–H and O–H groups in total. The smallest absolute Gasteiger partial charge is 0.127 e. The maximum atomic E-state index is 5.55. The van der Waals surface area contributed by atoms with Crippen molar-refractivity contribution in [2.45, 2.75) is 6.92 Å². The number of aryl methyl sites for hydroxylation is 1. The summed E-state index contributed by atoms with van der Waals surface area (Å²) < 4.78 is 5.38. The van der Waals surface area contributed by atoms with E-state index >= 15 is 0 Å². The summed E-state index contributed by atoms with van der Waals surface area (Å²) in [6, 6.07) is 16.0. The van der Waals surface area contributed by atoms with Gasteiger partial charge in [0.15, 0.2) is 0 Å². The van der Waals surface area contributed by atoms with E-state index in [1.165, 1.54) is 0 Å². The molecule has 17 heavy (non-hydrogen) atoms. The molecule has 1 nitrogen and oxygen atoms in total. The van der Waals surface area contributed by atoms with Crippen LogP contribution in [0, 0.1) is 6.92 Å². The highest BCUT2D eigenvalue weighted by molar-refractivity contribution is 7.81. The maximum Gasteiger partial charge on any atom is 0.127 e. The monoisotopic (exact) mass is 242 g/mol. The van der Waals surface area contributed by atoms with E-state index in [1.807, 2.05) is 55.5 Å². The van der Waals surface area contributed by atoms with Crippen LogP contribution in [0.1, 0.15) is 16.7 Å². The first-order valence-corrected chi connectivity index (χ1v) is 5.88.